The van der Waals surface area contributed by atoms with Crippen molar-refractivity contribution in [1.29, 1.82) is 0 Å². The molecule has 4 nitrogen and oxygen atoms in total. The number of rotatable bonds is 5. The summed E-state index contributed by atoms with van der Waals surface area (Å²) in [6.45, 7) is 1.44. The number of carbonyl (C=O) groups excluding carboxylic acids is 1. The second kappa shape index (κ2) is 10.0. The first-order valence-electron chi connectivity index (χ1n) is 7.10. The first-order chi connectivity index (χ1) is 11.8. The minimum Gasteiger partial charge on any atom is -0.326 e. The molecule has 0 amide bonds. The number of carbonyl (C=O) groups is 1. The van der Waals surface area contributed by atoms with Crippen molar-refractivity contribution in [1.82, 2.24) is 4.98 Å². The van der Waals surface area contributed by atoms with Crippen LogP contribution in [0.3, 0.4) is 0 Å². The number of aromatic nitrogens is 1. The van der Waals surface area contributed by atoms with Gasteiger partial charge in [-0.3, -0.25) is 0 Å². The lowest BCUT2D eigenvalue weighted by molar-refractivity contribution is -0.106. The summed E-state index contributed by atoms with van der Waals surface area (Å²) in [5.74, 6) is 0. The van der Waals surface area contributed by atoms with Crippen LogP contribution in [-0.4, -0.2) is 11.3 Å². The van der Waals surface area contributed by atoms with Crippen molar-refractivity contribution >= 4 is 53.2 Å². The van der Waals surface area contributed by atoms with E-state index in [4.69, 9.17) is 4.79 Å². The Morgan fingerprint density at radius 3 is 2.58 bits per heavy atom. The Hall–Kier alpha value is -1.96. The number of hydrogen-bond donors (Lipinski definition) is 3. The molecule has 2 aromatic carbocycles. The van der Waals surface area contributed by atoms with E-state index in [9.17, 15) is 0 Å². The fourth-order valence-corrected chi connectivity index (χ4v) is 3.29. The lowest BCUT2D eigenvalue weighted by atomic mass is 10.1. The van der Waals surface area contributed by atoms with Gasteiger partial charge in [-0.05, 0) is 43.1 Å². The van der Waals surface area contributed by atoms with Crippen LogP contribution in [0.2, 0.25) is 0 Å². The van der Waals surface area contributed by atoms with Gasteiger partial charge in [0.1, 0.15) is 6.29 Å². The molecule has 0 aliphatic carbocycles. The van der Waals surface area contributed by atoms with Gasteiger partial charge in [0.25, 0.3) is 0 Å². The van der Waals surface area contributed by atoms with Gasteiger partial charge >= 0.3 is 0 Å². The molecule has 1 aromatic heterocycles. The fourth-order valence-electron chi connectivity index (χ4n) is 1.81. The highest BCUT2D eigenvalue weighted by molar-refractivity contribution is 8.00. The van der Waals surface area contributed by atoms with Gasteiger partial charge in [-0.2, -0.15) is 0 Å². The van der Waals surface area contributed by atoms with E-state index in [0.29, 0.717) is 0 Å². The second-order valence-electron chi connectivity index (χ2n) is 4.48. The molecule has 0 saturated heterocycles. The van der Waals surface area contributed by atoms with Crippen molar-refractivity contribution in [3.63, 3.8) is 0 Å². The summed E-state index contributed by atoms with van der Waals surface area (Å²) in [5, 5.41) is 2.81. The van der Waals surface area contributed by atoms with Gasteiger partial charge in [0.15, 0.2) is 5.13 Å². The lowest BCUT2D eigenvalue weighted by Gasteiger charge is -2.06. The highest BCUT2D eigenvalue weighted by Crippen LogP contribution is 2.28. The minimum absolute atomic E-state index is 0.750. The maximum Gasteiger partial charge on any atom is 0.193 e. The third-order valence-electron chi connectivity index (χ3n) is 2.79. The Morgan fingerprint density at radius 1 is 1.17 bits per heavy atom. The maximum atomic E-state index is 8.81. The van der Waals surface area contributed by atoms with Crippen LogP contribution < -0.4 is 9.44 Å². The van der Waals surface area contributed by atoms with Crippen LogP contribution in [0.15, 0.2) is 64.9 Å². The third kappa shape index (κ3) is 5.59. The van der Waals surface area contributed by atoms with Crippen LogP contribution in [0.1, 0.15) is 6.92 Å². The zero-order valence-corrected chi connectivity index (χ0v) is 15.5. The number of anilines is 2. The monoisotopic (exact) mass is 375 g/mol. The Labute approximate surface area is 155 Å². The van der Waals surface area contributed by atoms with E-state index < -0.39 is 0 Å². The van der Waals surface area contributed by atoms with E-state index in [1.54, 1.807) is 11.9 Å². The van der Waals surface area contributed by atoms with Crippen LogP contribution in [0, 0.1) is 0 Å². The molecular weight excluding hydrogens is 358 g/mol. The smallest absolute Gasteiger partial charge is 0.193 e. The molecule has 0 spiro atoms. The second-order valence-corrected chi connectivity index (χ2v) is 6.44. The first-order valence-corrected chi connectivity index (χ1v) is 9.25. The Morgan fingerprint density at radius 2 is 1.92 bits per heavy atom. The van der Waals surface area contributed by atoms with Crippen molar-refractivity contribution in [2.75, 3.05) is 9.44 Å². The van der Waals surface area contributed by atoms with E-state index >= 15 is 0 Å². The van der Waals surface area contributed by atoms with Gasteiger partial charge in [-0.15, -0.1) is 11.3 Å². The number of thiazole rings is 1. The highest BCUT2D eigenvalue weighted by Gasteiger charge is 2.04. The number of thiol groups is 1. The number of hydrogen-bond acceptors (Lipinski definition) is 7. The number of aldehydes is 1. The normalized spacial score (nSPS) is 9.58. The number of nitrogens with zero attached hydrogens (tertiary/aromatic N) is 1. The van der Waals surface area contributed by atoms with E-state index in [1.165, 1.54) is 23.2 Å². The molecule has 0 fully saturated rings. The number of benzene rings is 2. The largest absolute Gasteiger partial charge is 0.326 e. The fraction of sp³-hybridized carbons (Fsp3) is 0.0588. The average molecular weight is 376 g/mol. The average Bonchev–Trinajstić information content (AvgIpc) is 3.11. The molecule has 0 saturated carbocycles. The summed E-state index contributed by atoms with van der Waals surface area (Å²) in [7, 11) is 0. The predicted octanol–water partition coefficient (Wildman–Crippen LogP) is 5.39. The molecule has 0 aliphatic heterocycles. The molecule has 0 bridgehead atoms. The van der Waals surface area contributed by atoms with Crippen LogP contribution >= 0.6 is 36.1 Å². The summed E-state index contributed by atoms with van der Waals surface area (Å²) in [6, 6.07) is 18.4. The van der Waals surface area contributed by atoms with Gasteiger partial charge < -0.3 is 14.2 Å². The summed E-state index contributed by atoms with van der Waals surface area (Å²) < 4.78 is 6.11. The molecule has 3 aromatic rings. The molecule has 7 heteroatoms. The standard InChI is InChI=1S/C15H13N3S3.C2H4O/c19-17-15-16-14(10-20-15)11-5-4-6-12(9-11)18-21-13-7-2-1-3-8-13;1-2-3/h1-10,18-19H,(H,16,17);2H,1H3. The van der Waals surface area contributed by atoms with Crippen LogP contribution in [0.25, 0.3) is 11.3 Å². The molecule has 0 radical (unpaired) electrons. The molecule has 24 heavy (non-hydrogen) atoms. The van der Waals surface area contributed by atoms with Gasteiger partial charge in [0.05, 0.1) is 5.69 Å². The molecule has 1 heterocycles. The van der Waals surface area contributed by atoms with E-state index in [0.717, 1.165) is 28.4 Å². The Bertz CT molecular complexity index is 763. The van der Waals surface area contributed by atoms with Crippen LogP contribution in [0.4, 0.5) is 10.8 Å². The summed E-state index contributed by atoms with van der Waals surface area (Å²) in [5.41, 5.74) is 3.08. The predicted molar refractivity (Wildman–Crippen MR) is 108 cm³/mol. The Balaban J connectivity index is 0.000000647. The van der Waals surface area contributed by atoms with Crippen molar-refractivity contribution in [3.8, 4) is 11.3 Å². The summed E-state index contributed by atoms with van der Waals surface area (Å²) in [4.78, 5) is 14.4. The van der Waals surface area contributed by atoms with Gasteiger partial charge in [-0.25, -0.2) is 4.98 Å². The van der Waals surface area contributed by atoms with Crippen molar-refractivity contribution < 1.29 is 4.79 Å². The first kappa shape index (κ1) is 18.4. The van der Waals surface area contributed by atoms with E-state index in [2.05, 4.69) is 51.5 Å². The highest BCUT2D eigenvalue weighted by atomic mass is 32.2. The zero-order chi connectivity index (χ0) is 17.2. The van der Waals surface area contributed by atoms with Crippen molar-refractivity contribution in [3.05, 3.63) is 60.0 Å². The SMILES string of the molecule is CC=O.SNc1nc(-c2cccc(NSc3ccccc3)c2)cs1. The van der Waals surface area contributed by atoms with E-state index in [1.807, 2.05) is 35.7 Å². The molecular formula is C17H17N3OS3. The van der Waals surface area contributed by atoms with Crippen molar-refractivity contribution in [2.24, 2.45) is 0 Å². The Kier molecular flexibility index (Phi) is 7.67. The molecule has 0 aliphatic rings. The molecule has 124 valence electrons. The molecule has 2 N–H and O–H groups in total. The van der Waals surface area contributed by atoms with Crippen LogP contribution in [0.5, 0.6) is 0 Å². The van der Waals surface area contributed by atoms with E-state index in [-0.39, 0.29) is 0 Å². The lowest BCUT2D eigenvalue weighted by Crippen LogP contribution is -1.87. The van der Waals surface area contributed by atoms with Gasteiger partial charge in [-0.1, -0.05) is 43.1 Å². The number of nitrogens with one attached hydrogen (secondary N) is 2. The van der Waals surface area contributed by atoms with Crippen molar-refractivity contribution in [2.45, 2.75) is 11.8 Å². The molecule has 3 rings (SSSR count). The maximum absolute atomic E-state index is 8.81. The van der Waals surface area contributed by atoms with Gasteiger partial charge in [0, 0.05) is 21.5 Å². The minimum atomic E-state index is 0.750. The van der Waals surface area contributed by atoms with Gasteiger partial charge in [0.2, 0.25) is 0 Å². The topological polar surface area (TPSA) is 54.0 Å². The zero-order valence-electron chi connectivity index (χ0n) is 13.0. The summed E-state index contributed by atoms with van der Waals surface area (Å²) >= 11 is 7.14. The third-order valence-corrected chi connectivity index (χ3v) is 4.75. The molecule has 0 unspecified atom stereocenters. The quantitative estimate of drug-likeness (QED) is 0.317. The molecule has 0 atom stereocenters. The summed E-state index contributed by atoms with van der Waals surface area (Å²) in [6.07, 6.45) is 0.750. The van der Waals surface area contributed by atoms with Crippen LogP contribution in [-0.2, 0) is 4.79 Å².